The van der Waals surface area contributed by atoms with Crippen LogP contribution < -0.4 is 5.32 Å². The minimum Gasteiger partial charge on any atom is -0.316 e. The van der Waals surface area contributed by atoms with Crippen molar-refractivity contribution < 1.29 is 0 Å². The van der Waals surface area contributed by atoms with Crippen molar-refractivity contribution >= 4 is 0 Å². The molecule has 2 rings (SSSR count). The van der Waals surface area contributed by atoms with Gasteiger partial charge in [0, 0.05) is 0 Å². The van der Waals surface area contributed by atoms with Crippen LogP contribution in [0, 0.1) is 12.8 Å². The van der Waals surface area contributed by atoms with Crippen molar-refractivity contribution in [3.8, 4) is 0 Å². The first-order chi connectivity index (χ1) is 6.34. The van der Waals surface area contributed by atoms with Gasteiger partial charge in [0.15, 0.2) is 5.82 Å². The van der Waals surface area contributed by atoms with E-state index in [4.69, 9.17) is 0 Å². The Labute approximate surface area is 77.5 Å². The van der Waals surface area contributed by atoms with E-state index in [9.17, 15) is 0 Å². The summed E-state index contributed by atoms with van der Waals surface area (Å²) in [4.78, 5) is 1.70. The molecule has 0 radical (unpaired) electrons. The molecule has 1 aliphatic rings. The van der Waals surface area contributed by atoms with Gasteiger partial charge in [-0.2, -0.15) is 4.80 Å². The minimum absolute atomic E-state index is 0.669. The second-order valence-electron chi connectivity index (χ2n) is 3.60. The lowest BCUT2D eigenvalue weighted by molar-refractivity contribution is 0.306. The number of aromatic nitrogens is 4. The van der Waals surface area contributed by atoms with Crippen LogP contribution in [0.5, 0.6) is 0 Å². The molecule has 5 heteroatoms. The summed E-state index contributed by atoms with van der Waals surface area (Å²) in [6, 6.07) is 0. The van der Waals surface area contributed by atoms with E-state index in [2.05, 4.69) is 20.7 Å². The van der Waals surface area contributed by atoms with Crippen molar-refractivity contribution in [2.24, 2.45) is 5.92 Å². The third-order valence-electron chi connectivity index (χ3n) is 2.37. The molecule has 1 atom stereocenters. The van der Waals surface area contributed by atoms with Crippen molar-refractivity contribution in [2.45, 2.75) is 26.3 Å². The Morgan fingerprint density at radius 2 is 2.54 bits per heavy atom. The molecule has 1 unspecified atom stereocenters. The maximum Gasteiger partial charge on any atom is 0.171 e. The minimum atomic E-state index is 0.669. The summed E-state index contributed by atoms with van der Waals surface area (Å²) in [5.41, 5.74) is 0. The summed E-state index contributed by atoms with van der Waals surface area (Å²) in [5.74, 6) is 1.42. The Bertz CT molecular complexity index is 263. The molecule has 2 heterocycles. The van der Waals surface area contributed by atoms with Crippen molar-refractivity contribution in [2.75, 3.05) is 13.1 Å². The number of piperidine rings is 1. The summed E-state index contributed by atoms with van der Waals surface area (Å²) in [7, 11) is 0. The second-order valence-corrected chi connectivity index (χ2v) is 3.60. The maximum atomic E-state index is 4.17. The van der Waals surface area contributed by atoms with E-state index in [1.807, 2.05) is 6.92 Å². The van der Waals surface area contributed by atoms with Gasteiger partial charge >= 0.3 is 0 Å². The van der Waals surface area contributed by atoms with Crippen LogP contribution in [0.15, 0.2) is 0 Å². The molecule has 72 valence electrons. The Balaban J connectivity index is 1.89. The fourth-order valence-electron chi connectivity index (χ4n) is 1.71. The van der Waals surface area contributed by atoms with E-state index in [0.29, 0.717) is 5.92 Å². The van der Waals surface area contributed by atoms with E-state index in [0.717, 1.165) is 25.5 Å². The Hall–Kier alpha value is -0.970. The lowest BCUT2D eigenvalue weighted by Crippen LogP contribution is -2.32. The smallest absolute Gasteiger partial charge is 0.171 e. The average molecular weight is 181 g/mol. The van der Waals surface area contributed by atoms with Crippen LogP contribution in [-0.4, -0.2) is 33.3 Å². The van der Waals surface area contributed by atoms with Crippen LogP contribution >= 0.6 is 0 Å². The van der Waals surface area contributed by atoms with Gasteiger partial charge in [-0.25, -0.2) is 0 Å². The summed E-state index contributed by atoms with van der Waals surface area (Å²) in [6.07, 6.45) is 2.53. The zero-order valence-electron chi connectivity index (χ0n) is 7.90. The number of hydrogen-bond acceptors (Lipinski definition) is 4. The molecule has 1 N–H and O–H groups in total. The summed E-state index contributed by atoms with van der Waals surface area (Å²) >= 11 is 0. The fourth-order valence-corrected chi connectivity index (χ4v) is 1.71. The van der Waals surface area contributed by atoms with Gasteiger partial charge < -0.3 is 5.32 Å². The highest BCUT2D eigenvalue weighted by atomic mass is 15.6. The normalized spacial score (nSPS) is 23.3. The predicted octanol–water partition coefficient (Wildman–Crippen LogP) is -0.0189. The molecule has 1 aromatic rings. The van der Waals surface area contributed by atoms with Crippen molar-refractivity contribution in [3.63, 3.8) is 0 Å². The van der Waals surface area contributed by atoms with Gasteiger partial charge in [0.1, 0.15) is 0 Å². The van der Waals surface area contributed by atoms with Crippen LogP contribution in [-0.2, 0) is 6.54 Å². The lowest BCUT2D eigenvalue weighted by Gasteiger charge is -2.21. The first-order valence-electron chi connectivity index (χ1n) is 4.80. The number of aryl methyl sites for hydroxylation is 1. The zero-order valence-corrected chi connectivity index (χ0v) is 7.90. The first kappa shape index (κ1) is 8.62. The van der Waals surface area contributed by atoms with Gasteiger partial charge in [0.2, 0.25) is 0 Å². The molecule has 0 amide bonds. The standard InChI is InChI=1S/C8H15N5/c1-7-10-12-13(11-7)6-8-3-2-4-9-5-8/h8-9H,2-6H2,1H3. The third kappa shape index (κ3) is 2.24. The largest absolute Gasteiger partial charge is 0.316 e. The number of rotatable bonds is 2. The van der Waals surface area contributed by atoms with Crippen molar-refractivity contribution in [1.29, 1.82) is 0 Å². The van der Waals surface area contributed by atoms with E-state index < -0.39 is 0 Å². The van der Waals surface area contributed by atoms with Crippen LogP contribution in [0.3, 0.4) is 0 Å². The first-order valence-corrected chi connectivity index (χ1v) is 4.80. The molecule has 1 saturated heterocycles. The van der Waals surface area contributed by atoms with Gasteiger partial charge in [0.25, 0.3) is 0 Å². The van der Waals surface area contributed by atoms with Crippen LogP contribution in [0.1, 0.15) is 18.7 Å². The van der Waals surface area contributed by atoms with Gasteiger partial charge in [-0.3, -0.25) is 0 Å². The SMILES string of the molecule is Cc1nnn(CC2CCCNC2)n1. The molecule has 13 heavy (non-hydrogen) atoms. The Kier molecular flexibility index (Phi) is 2.54. The van der Waals surface area contributed by atoms with Gasteiger partial charge in [0.05, 0.1) is 6.54 Å². The van der Waals surface area contributed by atoms with Gasteiger partial charge in [-0.15, -0.1) is 10.2 Å². The van der Waals surface area contributed by atoms with E-state index in [-0.39, 0.29) is 0 Å². The van der Waals surface area contributed by atoms with E-state index in [1.165, 1.54) is 12.8 Å². The quantitative estimate of drug-likeness (QED) is 0.696. The molecular formula is C8H15N5. The molecule has 0 spiro atoms. The molecular weight excluding hydrogens is 166 g/mol. The maximum absolute atomic E-state index is 4.17. The monoisotopic (exact) mass is 181 g/mol. The topological polar surface area (TPSA) is 55.6 Å². The highest BCUT2D eigenvalue weighted by molar-refractivity contribution is 4.71. The number of tetrazole rings is 1. The Morgan fingerprint density at radius 3 is 3.15 bits per heavy atom. The molecule has 0 aliphatic carbocycles. The molecule has 0 aromatic carbocycles. The highest BCUT2D eigenvalue weighted by Gasteiger charge is 2.14. The van der Waals surface area contributed by atoms with E-state index in [1.54, 1.807) is 4.80 Å². The number of nitrogens with zero attached hydrogens (tertiary/aromatic N) is 4. The molecule has 1 aromatic heterocycles. The average Bonchev–Trinajstić information content (AvgIpc) is 2.53. The fraction of sp³-hybridized carbons (Fsp3) is 0.875. The summed E-state index contributed by atoms with van der Waals surface area (Å²) < 4.78 is 0. The van der Waals surface area contributed by atoms with Gasteiger partial charge in [-0.05, 0) is 44.0 Å². The predicted molar refractivity (Wildman–Crippen MR) is 48.1 cm³/mol. The molecule has 5 nitrogen and oxygen atoms in total. The van der Waals surface area contributed by atoms with Crippen LogP contribution in [0.4, 0.5) is 0 Å². The molecule has 1 aliphatic heterocycles. The highest BCUT2D eigenvalue weighted by Crippen LogP contribution is 2.10. The second kappa shape index (κ2) is 3.83. The lowest BCUT2D eigenvalue weighted by atomic mass is 10.0. The van der Waals surface area contributed by atoms with Gasteiger partial charge in [-0.1, -0.05) is 0 Å². The van der Waals surface area contributed by atoms with Crippen LogP contribution in [0.25, 0.3) is 0 Å². The summed E-state index contributed by atoms with van der Waals surface area (Å²) in [6.45, 7) is 5.00. The van der Waals surface area contributed by atoms with Crippen molar-refractivity contribution in [1.82, 2.24) is 25.5 Å². The number of hydrogen-bond donors (Lipinski definition) is 1. The summed E-state index contributed by atoms with van der Waals surface area (Å²) in [5, 5.41) is 15.3. The Morgan fingerprint density at radius 1 is 1.62 bits per heavy atom. The number of nitrogens with one attached hydrogen (secondary N) is 1. The molecule has 0 bridgehead atoms. The molecule has 1 fully saturated rings. The third-order valence-corrected chi connectivity index (χ3v) is 2.37. The zero-order chi connectivity index (χ0) is 9.10. The van der Waals surface area contributed by atoms with E-state index >= 15 is 0 Å². The van der Waals surface area contributed by atoms with Crippen molar-refractivity contribution in [3.05, 3.63) is 5.82 Å². The molecule has 0 saturated carbocycles. The van der Waals surface area contributed by atoms with Crippen LogP contribution in [0.2, 0.25) is 0 Å².